The zero-order chi connectivity index (χ0) is 16.4. The highest BCUT2D eigenvalue weighted by molar-refractivity contribution is 6.04. The Labute approximate surface area is 135 Å². The fourth-order valence-electron chi connectivity index (χ4n) is 3.25. The number of nitrogens with zero attached hydrogens (tertiary/aromatic N) is 1. The third-order valence-corrected chi connectivity index (χ3v) is 4.39. The van der Waals surface area contributed by atoms with Crippen LogP contribution < -0.4 is 10.0 Å². The van der Waals surface area contributed by atoms with E-state index >= 15 is 0 Å². The van der Waals surface area contributed by atoms with Crippen molar-refractivity contribution in [2.24, 2.45) is 0 Å². The molecule has 1 aliphatic rings. The average Bonchev–Trinajstić information content (AvgIpc) is 2.96. The summed E-state index contributed by atoms with van der Waals surface area (Å²) in [5, 5.41) is 11.5. The number of para-hydroxylation sites is 1. The van der Waals surface area contributed by atoms with Crippen molar-refractivity contribution < 1.29 is 14.7 Å². The van der Waals surface area contributed by atoms with Gasteiger partial charge in [0.1, 0.15) is 0 Å². The molecule has 0 aliphatic carbocycles. The van der Waals surface area contributed by atoms with Gasteiger partial charge in [0.15, 0.2) is 0 Å². The van der Waals surface area contributed by atoms with Crippen molar-refractivity contribution in [2.45, 2.75) is 31.7 Å². The normalized spacial score (nSPS) is 17.6. The summed E-state index contributed by atoms with van der Waals surface area (Å²) in [4.78, 5) is 26.0. The Morgan fingerprint density at radius 2 is 1.78 bits per heavy atom. The SMILES string of the molecule is CCC(C(=O)N1c2ccccc2CC1C(=O)[O-])c1ccccc1. The lowest BCUT2D eigenvalue weighted by atomic mass is 9.94. The molecule has 1 heterocycles. The number of carbonyl (C=O) groups excluding carboxylic acids is 2. The van der Waals surface area contributed by atoms with E-state index in [4.69, 9.17) is 0 Å². The zero-order valence-electron chi connectivity index (χ0n) is 12.9. The van der Waals surface area contributed by atoms with Gasteiger partial charge in [-0.05, 0) is 23.6 Å². The van der Waals surface area contributed by atoms with Crippen molar-refractivity contribution in [3.05, 3.63) is 65.7 Å². The van der Waals surface area contributed by atoms with E-state index in [1.807, 2.05) is 55.5 Å². The third kappa shape index (κ3) is 2.72. The van der Waals surface area contributed by atoms with Crippen molar-refractivity contribution in [1.82, 2.24) is 0 Å². The van der Waals surface area contributed by atoms with Gasteiger partial charge >= 0.3 is 0 Å². The predicted molar refractivity (Wildman–Crippen MR) is 85.9 cm³/mol. The van der Waals surface area contributed by atoms with Gasteiger partial charge in [0.2, 0.25) is 5.91 Å². The number of rotatable bonds is 4. The first-order valence-electron chi connectivity index (χ1n) is 7.80. The minimum absolute atomic E-state index is 0.183. The molecule has 0 spiro atoms. The van der Waals surface area contributed by atoms with Crippen LogP contribution in [0.4, 0.5) is 5.69 Å². The molecule has 4 heteroatoms. The van der Waals surface area contributed by atoms with E-state index in [9.17, 15) is 14.7 Å². The number of fused-ring (bicyclic) bond motifs is 1. The van der Waals surface area contributed by atoms with Gasteiger partial charge in [-0.1, -0.05) is 55.5 Å². The first-order chi connectivity index (χ1) is 11.1. The quantitative estimate of drug-likeness (QED) is 0.866. The Morgan fingerprint density at radius 3 is 2.43 bits per heavy atom. The number of anilines is 1. The molecule has 0 aromatic heterocycles. The van der Waals surface area contributed by atoms with Crippen LogP contribution in [0.2, 0.25) is 0 Å². The van der Waals surface area contributed by atoms with Crippen LogP contribution in [-0.2, 0) is 16.0 Å². The molecule has 23 heavy (non-hydrogen) atoms. The summed E-state index contributed by atoms with van der Waals surface area (Å²) in [6.07, 6.45) is 0.913. The van der Waals surface area contributed by atoms with E-state index in [2.05, 4.69) is 0 Å². The first kappa shape index (κ1) is 15.3. The molecule has 0 bridgehead atoms. The lowest BCUT2D eigenvalue weighted by molar-refractivity contribution is -0.307. The van der Waals surface area contributed by atoms with Crippen molar-refractivity contribution in [2.75, 3.05) is 4.90 Å². The summed E-state index contributed by atoms with van der Waals surface area (Å²) in [5.41, 5.74) is 2.46. The number of aliphatic carboxylic acids is 1. The standard InChI is InChI=1S/C19H19NO3/c1-2-15(13-8-4-3-5-9-13)18(21)20-16-11-7-6-10-14(16)12-17(20)19(22)23/h3-11,15,17H,2,12H2,1H3,(H,22,23)/p-1. The summed E-state index contributed by atoms with van der Waals surface area (Å²) < 4.78 is 0. The van der Waals surface area contributed by atoms with E-state index in [0.717, 1.165) is 11.1 Å². The van der Waals surface area contributed by atoms with Gasteiger partial charge in [-0.25, -0.2) is 0 Å². The molecule has 2 aromatic carbocycles. The predicted octanol–water partition coefficient (Wildman–Crippen LogP) is 1.89. The highest BCUT2D eigenvalue weighted by atomic mass is 16.4. The maximum atomic E-state index is 13.1. The summed E-state index contributed by atoms with van der Waals surface area (Å²) in [6.45, 7) is 1.94. The minimum atomic E-state index is -1.21. The lowest BCUT2D eigenvalue weighted by Gasteiger charge is -2.30. The molecule has 118 valence electrons. The van der Waals surface area contributed by atoms with E-state index in [-0.39, 0.29) is 11.8 Å². The monoisotopic (exact) mass is 308 g/mol. The molecule has 0 fully saturated rings. The maximum Gasteiger partial charge on any atom is 0.235 e. The summed E-state index contributed by atoms with van der Waals surface area (Å²) in [7, 11) is 0. The zero-order valence-corrected chi connectivity index (χ0v) is 12.9. The van der Waals surface area contributed by atoms with Crippen LogP contribution in [0.15, 0.2) is 54.6 Å². The molecule has 0 saturated heterocycles. The van der Waals surface area contributed by atoms with Gasteiger partial charge in [-0.15, -0.1) is 0 Å². The summed E-state index contributed by atoms with van der Waals surface area (Å²) in [6, 6.07) is 15.9. The van der Waals surface area contributed by atoms with Crippen LogP contribution in [-0.4, -0.2) is 17.9 Å². The molecule has 0 N–H and O–H groups in total. The Morgan fingerprint density at radius 1 is 1.13 bits per heavy atom. The van der Waals surface area contributed by atoms with Gasteiger partial charge in [0.25, 0.3) is 0 Å². The Kier molecular flexibility index (Phi) is 4.15. The summed E-state index contributed by atoms with van der Waals surface area (Å²) >= 11 is 0. The van der Waals surface area contributed by atoms with Gasteiger partial charge in [-0.2, -0.15) is 0 Å². The molecule has 0 saturated carbocycles. The second-order valence-electron chi connectivity index (χ2n) is 5.75. The molecule has 2 aromatic rings. The van der Waals surface area contributed by atoms with E-state index in [1.165, 1.54) is 4.90 Å². The number of hydrogen-bond acceptors (Lipinski definition) is 3. The van der Waals surface area contributed by atoms with Crippen LogP contribution in [0, 0.1) is 0 Å². The number of carboxylic acid groups (broad SMARTS) is 1. The maximum absolute atomic E-state index is 13.1. The Hall–Kier alpha value is -2.62. The fraction of sp³-hybridized carbons (Fsp3) is 0.263. The molecule has 1 amide bonds. The smallest absolute Gasteiger partial charge is 0.235 e. The van der Waals surface area contributed by atoms with Gasteiger partial charge in [0, 0.05) is 12.1 Å². The van der Waals surface area contributed by atoms with Crippen LogP contribution in [0.3, 0.4) is 0 Å². The van der Waals surface area contributed by atoms with Gasteiger partial charge in [0.05, 0.1) is 17.9 Å². The van der Waals surface area contributed by atoms with Gasteiger partial charge < -0.3 is 14.8 Å². The minimum Gasteiger partial charge on any atom is -0.548 e. The molecule has 0 radical (unpaired) electrons. The number of carbonyl (C=O) groups is 2. The van der Waals surface area contributed by atoms with Crippen LogP contribution in [0.25, 0.3) is 0 Å². The summed E-state index contributed by atoms with van der Waals surface area (Å²) in [5.74, 6) is -1.75. The number of amides is 1. The number of hydrogen-bond donors (Lipinski definition) is 0. The number of benzene rings is 2. The first-order valence-corrected chi connectivity index (χ1v) is 7.80. The van der Waals surface area contributed by atoms with Crippen molar-refractivity contribution in [1.29, 1.82) is 0 Å². The largest absolute Gasteiger partial charge is 0.548 e. The second-order valence-corrected chi connectivity index (χ2v) is 5.75. The molecule has 2 atom stereocenters. The molecular weight excluding hydrogens is 290 g/mol. The number of carboxylic acids is 1. The average molecular weight is 308 g/mol. The van der Waals surface area contributed by atoms with E-state index < -0.39 is 12.0 Å². The molecule has 4 nitrogen and oxygen atoms in total. The third-order valence-electron chi connectivity index (χ3n) is 4.39. The fourth-order valence-corrected chi connectivity index (χ4v) is 3.25. The topological polar surface area (TPSA) is 60.4 Å². The second kappa shape index (κ2) is 6.24. The molecule has 2 unspecified atom stereocenters. The highest BCUT2D eigenvalue weighted by Crippen LogP contribution is 2.35. The van der Waals surface area contributed by atoms with Crippen LogP contribution >= 0.6 is 0 Å². The molecule has 3 rings (SSSR count). The highest BCUT2D eigenvalue weighted by Gasteiger charge is 2.37. The van der Waals surface area contributed by atoms with Crippen molar-refractivity contribution in [3.8, 4) is 0 Å². The molecule has 1 aliphatic heterocycles. The Balaban J connectivity index is 2.00. The van der Waals surface area contributed by atoms with Crippen LogP contribution in [0.1, 0.15) is 30.4 Å². The lowest BCUT2D eigenvalue weighted by Crippen LogP contribution is -2.50. The van der Waals surface area contributed by atoms with E-state index in [0.29, 0.717) is 18.5 Å². The Bertz CT molecular complexity index is 726. The van der Waals surface area contributed by atoms with Crippen LogP contribution in [0.5, 0.6) is 0 Å². The van der Waals surface area contributed by atoms with Crippen molar-refractivity contribution in [3.63, 3.8) is 0 Å². The van der Waals surface area contributed by atoms with E-state index in [1.54, 1.807) is 6.07 Å². The van der Waals surface area contributed by atoms with Crippen molar-refractivity contribution >= 4 is 17.6 Å². The molecular formula is C19H18NO3-. The van der Waals surface area contributed by atoms with Gasteiger partial charge in [-0.3, -0.25) is 4.79 Å².